The molecule has 0 aliphatic rings. The van der Waals surface area contributed by atoms with Crippen LogP contribution in [0.1, 0.15) is 42.4 Å². The van der Waals surface area contributed by atoms with Crippen LogP contribution < -0.4 is 5.32 Å². The summed E-state index contributed by atoms with van der Waals surface area (Å²) in [4.78, 5) is 13.1. The van der Waals surface area contributed by atoms with E-state index in [4.69, 9.17) is 0 Å². The molecule has 30 heavy (non-hydrogen) atoms. The number of para-hydroxylation sites is 1. The number of nitrogens with zero attached hydrogens (tertiary/aromatic N) is 2. The van der Waals surface area contributed by atoms with E-state index in [-0.39, 0.29) is 28.5 Å². The van der Waals surface area contributed by atoms with E-state index >= 15 is 0 Å². The maximum absolute atomic E-state index is 12.9. The van der Waals surface area contributed by atoms with Gasteiger partial charge in [0.05, 0.1) is 27.6 Å². The topological polar surface area (TPSA) is 81.1 Å². The van der Waals surface area contributed by atoms with E-state index in [9.17, 15) is 13.2 Å². The van der Waals surface area contributed by atoms with E-state index in [0.717, 1.165) is 11.3 Å². The molecule has 0 spiro atoms. The lowest BCUT2D eigenvalue weighted by atomic mass is 9.89. The number of rotatable bonds is 6. The summed E-state index contributed by atoms with van der Waals surface area (Å²) in [7, 11) is -3.47. The standard InChI is InChI=1S/C23H27N3O3S/c1-17-10-12-19(13-11-17)30(28,29)15-14-24-22(27)20-16-26(18-8-6-5-7-9-18)25-21(20)23(2,3)4/h5-13,16H,14-15H2,1-4H3,(H,24,27). The predicted octanol–water partition coefficient (Wildman–Crippen LogP) is 3.68. The third kappa shape index (κ3) is 4.97. The zero-order chi connectivity index (χ0) is 21.9. The maximum atomic E-state index is 12.9. The molecule has 0 aliphatic carbocycles. The van der Waals surface area contributed by atoms with Crippen LogP contribution in [0, 0.1) is 6.92 Å². The lowest BCUT2D eigenvalue weighted by Crippen LogP contribution is -2.30. The van der Waals surface area contributed by atoms with Gasteiger partial charge < -0.3 is 5.32 Å². The number of carbonyl (C=O) groups excluding carboxylic acids is 1. The summed E-state index contributed by atoms with van der Waals surface area (Å²) < 4.78 is 26.7. The minimum atomic E-state index is -3.47. The Balaban J connectivity index is 1.76. The van der Waals surface area contributed by atoms with Gasteiger partial charge in [0.2, 0.25) is 0 Å². The molecule has 1 aromatic heterocycles. The van der Waals surface area contributed by atoms with Crippen molar-refractivity contribution < 1.29 is 13.2 Å². The van der Waals surface area contributed by atoms with Gasteiger partial charge in [0.25, 0.3) is 5.91 Å². The van der Waals surface area contributed by atoms with Crippen LogP contribution in [0.5, 0.6) is 0 Å². The highest BCUT2D eigenvalue weighted by molar-refractivity contribution is 7.91. The van der Waals surface area contributed by atoms with Gasteiger partial charge >= 0.3 is 0 Å². The number of aromatic nitrogens is 2. The van der Waals surface area contributed by atoms with E-state index in [2.05, 4.69) is 10.4 Å². The Kier molecular flexibility index (Phi) is 6.12. The summed E-state index contributed by atoms with van der Waals surface area (Å²) in [6.07, 6.45) is 1.69. The molecule has 0 radical (unpaired) electrons. The highest BCUT2D eigenvalue weighted by atomic mass is 32.2. The van der Waals surface area contributed by atoms with Gasteiger partial charge in [-0.1, -0.05) is 56.7 Å². The van der Waals surface area contributed by atoms with Gasteiger partial charge in [0.15, 0.2) is 9.84 Å². The average Bonchev–Trinajstić information content (AvgIpc) is 3.15. The molecule has 3 aromatic rings. The average molecular weight is 426 g/mol. The van der Waals surface area contributed by atoms with Crippen LogP contribution in [-0.4, -0.2) is 36.4 Å². The molecule has 6 nitrogen and oxygen atoms in total. The third-order valence-corrected chi connectivity index (χ3v) is 6.46. The van der Waals surface area contributed by atoms with Gasteiger partial charge in [-0.2, -0.15) is 5.10 Å². The number of hydrogen-bond donors (Lipinski definition) is 1. The van der Waals surface area contributed by atoms with Gasteiger partial charge in [0, 0.05) is 18.2 Å². The van der Waals surface area contributed by atoms with E-state index in [0.29, 0.717) is 11.3 Å². The summed E-state index contributed by atoms with van der Waals surface area (Å²) in [6.45, 7) is 7.89. The Morgan fingerprint density at radius 3 is 2.27 bits per heavy atom. The molecule has 1 amide bonds. The molecule has 0 fully saturated rings. The van der Waals surface area contributed by atoms with Gasteiger partial charge in [-0.15, -0.1) is 0 Å². The largest absolute Gasteiger partial charge is 0.351 e. The SMILES string of the molecule is Cc1ccc(S(=O)(=O)CCNC(=O)c2cn(-c3ccccc3)nc2C(C)(C)C)cc1. The fraction of sp³-hybridized carbons (Fsp3) is 0.304. The minimum Gasteiger partial charge on any atom is -0.351 e. The molecule has 0 saturated carbocycles. The first-order chi connectivity index (χ1) is 14.1. The Labute approximate surface area is 177 Å². The second-order valence-electron chi connectivity index (χ2n) is 8.31. The molecule has 1 heterocycles. The van der Waals surface area contributed by atoms with Crippen LogP contribution in [0.3, 0.4) is 0 Å². The zero-order valence-electron chi connectivity index (χ0n) is 17.7. The Bertz CT molecular complexity index is 1130. The number of hydrogen-bond acceptors (Lipinski definition) is 4. The molecule has 3 rings (SSSR count). The maximum Gasteiger partial charge on any atom is 0.254 e. The van der Waals surface area contributed by atoms with Crippen LogP contribution >= 0.6 is 0 Å². The van der Waals surface area contributed by atoms with Crippen molar-refractivity contribution in [2.75, 3.05) is 12.3 Å². The van der Waals surface area contributed by atoms with Crippen molar-refractivity contribution in [2.24, 2.45) is 0 Å². The van der Waals surface area contributed by atoms with Crippen LogP contribution in [0.2, 0.25) is 0 Å². The summed E-state index contributed by atoms with van der Waals surface area (Å²) in [5.41, 5.74) is 2.60. The highest BCUT2D eigenvalue weighted by Crippen LogP contribution is 2.25. The minimum absolute atomic E-state index is 0.0230. The molecular formula is C23H27N3O3S. The number of carbonyl (C=O) groups is 1. The van der Waals surface area contributed by atoms with Crippen molar-refractivity contribution in [1.29, 1.82) is 0 Å². The van der Waals surface area contributed by atoms with Crippen molar-refractivity contribution >= 4 is 15.7 Å². The number of amides is 1. The summed E-state index contributed by atoms with van der Waals surface area (Å²) >= 11 is 0. The van der Waals surface area contributed by atoms with E-state index < -0.39 is 9.84 Å². The third-order valence-electron chi connectivity index (χ3n) is 4.73. The highest BCUT2D eigenvalue weighted by Gasteiger charge is 2.26. The van der Waals surface area contributed by atoms with Crippen LogP contribution in [-0.2, 0) is 15.3 Å². The van der Waals surface area contributed by atoms with Gasteiger partial charge in [0.1, 0.15) is 0 Å². The Morgan fingerprint density at radius 2 is 1.67 bits per heavy atom. The molecule has 0 aliphatic heterocycles. The van der Waals surface area contributed by atoms with E-state index in [1.807, 2.05) is 58.0 Å². The fourth-order valence-corrected chi connectivity index (χ4v) is 4.22. The smallest absolute Gasteiger partial charge is 0.254 e. The molecule has 0 atom stereocenters. The molecule has 158 valence electrons. The molecule has 0 unspecified atom stereocenters. The predicted molar refractivity (Wildman–Crippen MR) is 118 cm³/mol. The molecular weight excluding hydrogens is 398 g/mol. The second-order valence-corrected chi connectivity index (χ2v) is 10.4. The number of nitrogens with one attached hydrogen (secondary N) is 1. The summed E-state index contributed by atoms with van der Waals surface area (Å²) in [6, 6.07) is 16.3. The van der Waals surface area contributed by atoms with E-state index in [1.165, 1.54) is 0 Å². The van der Waals surface area contributed by atoms with Crippen molar-refractivity contribution in [3.05, 3.63) is 77.6 Å². The first kappa shape index (κ1) is 21.8. The number of sulfone groups is 1. The summed E-state index contributed by atoms with van der Waals surface area (Å²) in [5.74, 6) is -0.499. The van der Waals surface area contributed by atoms with Gasteiger partial charge in [-0.3, -0.25) is 4.79 Å². The summed E-state index contributed by atoms with van der Waals surface area (Å²) in [5, 5.41) is 7.37. The Morgan fingerprint density at radius 1 is 1.03 bits per heavy atom. The van der Waals surface area contributed by atoms with Gasteiger partial charge in [-0.05, 0) is 31.2 Å². The Hall–Kier alpha value is -2.93. The molecule has 2 aromatic carbocycles. The van der Waals surface area contributed by atoms with Crippen molar-refractivity contribution in [3.63, 3.8) is 0 Å². The van der Waals surface area contributed by atoms with Crippen molar-refractivity contribution in [1.82, 2.24) is 15.1 Å². The first-order valence-electron chi connectivity index (χ1n) is 9.81. The van der Waals surface area contributed by atoms with Crippen LogP contribution in [0.15, 0.2) is 65.7 Å². The van der Waals surface area contributed by atoms with Crippen LogP contribution in [0.25, 0.3) is 5.69 Å². The number of benzene rings is 2. The van der Waals surface area contributed by atoms with Gasteiger partial charge in [-0.25, -0.2) is 13.1 Å². The molecule has 7 heteroatoms. The van der Waals surface area contributed by atoms with Crippen molar-refractivity contribution in [2.45, 2.75) is 38.0 Å². The van der Waals surface area contributed by atoms with Crippen LogP contribution in [0.4, 0.5) is 0 Å². The van der Waals surface area contributed by atoms with Crippen molar-refractivity contribution in [3.8, 4) is 5.69 Å². The lowest BCUT2D eigenvalue weighted by molar-refractivity contribution is 0.0954. The lowest BCUT2D eigenvalue weighted by Gasteiger charge is -2.17. The second kappa shape index (κ2) is 8.44. The first-order valence-corrected chi connectivity index (χ1v) is 11.5. The normalized spacial score (nSPS) is 12.0. The fourth-order valence-electron chi connectivity index (χ4n) is 3.06. The monoisotopic (exact) mass is 425 g/mol. The molecule has 1 N–H and O–H groups in total. The number of aryl methyl sites for hydroxylation is 1. The zero-order valence-corrected chi connectivity index (χ0v) is 18.5. The molecule has 0 saturated heterocycles. The molecule has 0 bridgehead atoms. The van der Waals surface area contributed by atoms with E-state index in [1.54, 1.807) is 35.1 Å². The quantitative estimate of drug-likeness (QED) is 0.653.